The van der Waals surface area contributed by atoms with Gasteiger partial charge in [-0.2, -0.15) is 0 Å². The second kappa shape index (κ2) is 6.18. The van der Waals surface area contributed by atoms with Gasteiger partial charge in [-0.3, -0.25) is 4.79 Å². The Morgan fingerprint density at radius 3 is 2.57 bits per heavy atom. The van der Waals surface area contributed by atoms with Crippen molar-refractivity contribution in [3.8, 4) is 5.75 Å². The molecule has 2 aromatic rings. The van der Waals surface area contributed by atoms with Crippen LogP contribution < -0.4 is 5.73 Å². The summed E-state index contributed by atoms with van der Waals surface area (Å²) >= 11 is 3.35. The molecule has 0 saturated heterocycles. The van der Waals surface area contributed by atoms with Gasteiger partial charge in [-0.05, 0) is 41.1 Å². The molecule has 21 heavy (non-hydrogen) atoms. The summed E-state index contributed by atoms with van der Waals surface area (Å²) in [5.41, 5.74) is 7.53. The van der Waals surface area contributed by atoms with E-state index in [0.29, 0.717) is 21.3 Å². The number of rotatable bonds is 3. The third-order valence-electron chi connectivity index (χ3n) is 3.55. The zero-order valence-corrected chi connectivity index (χ0v) is 13.5. The van der Waals surface area contributed by atoms with Crippen molar-refractivity contribution >= 4 is 27.5 Å². The second-order valence-corrected chi connectivity index (χ2v) is 5.65. The Bertz CT molecular complexity index is 673. The Hall–Kier alpha value is -2.01. The number of nitrogens with zero attached hydrogens (tertiary/aromatic N) is 1. The maximum atomic E-state index is 12.6. The van der Waals surface area contributed by atoms with Gasteiger partial charge in [0.1, 0.15) is 5.75 Å². The molecule has 1 atom stereocenters. The highest BCUT2D eigenvalue weighted by molar-refractivity contribution is 9.10. The molecular formula is C16H17BrN2O2. The van der Waals surface area contributed by atoms with E-state index in [0.717, 1.165) is 0 Å². The van der Waals surface area contributed by atoms with E-state index in [-0.39, 0.29) is 17.7 Å². The molecule has 0 aliphatic heterocycles. The van der Waals surface area contributed by atoms with Crippen LogP contribution in [0.25, 0.3) is 0 Å². The number of para-hydroxylation sites is 1. The Morgan fingerprint density at radius 1 is 1.24 bits per heavy atom. The summed E-state index contributed by atoms with van der Waals surface area (Å²) in [5.74, 6) is 0.0150. The van der Waals surface area contributed by atoms with Gasteiger partial charge in [-0.1, -0.05) is 24.3 Å². The van der Waals surface area contributed by atoms with Crippen molar-refractivity contribution in [2.24, 2.45) is 0 Å². The highest BCUT2D eigenvalue weighted by Crippen LogP contribution is 2.30. The number of carbonyl (C=O) groups excluding carboxylic acids is 1. The molecule has 0 spiro atoms. The molecule has 110 valence electrons. The first-order chi connectivity index (χ1) is 9.93. The lowest BCUT2D eigenvalue weighted by Gasteiger charge is -2.26. The molecule has 0 fully saturated rings. The number of anilines is 1. The molecule has 0 aliphatic carbocycles. The summed E-state index contributed by atoms with van der Waals surface area (Å²) in [6.07, 6.45) is 0. The third kappa shape index (κ3) is 3.03. The maximum absolute atomic E-state index is 12.6. The van der Waals surface area contributed by atoms with Crippen molar-refractivity contribution in [2.45, 2.75) is 13.0 Å². The van der Waals surface area contributed by atoms with E-state index in [4.69, 9.17) is 5.73 Å². The first-order valence-corrected chi connectivity index (χ1v) is 7.31. The molecule has 2 aromatic carbocycles. The van der Waals surface area contributed by atoms with Gasteiger partial charge in [0.25, 0.3) is 5.91 Å². The number of nitrogen functional groups attached to an aromatic ring is 1. The Kier molecular flexibility index (Phi) is 4.53. The summed E-state index contributed by atoms with van der Waals surface area (Å²) < 4.78 is 0.589. The average Bonchev–Trinajstić information content (AvgIpc) is 2.48. The van der Waals surface area contributed by atoms with E-state index >= 15 is 0 Å². The number of hydrogen-bond donors (Lipinski definition) is 2. The van der Waals surface area contributed by atoms with Gasteiger partial charge in [0.2, 0.25) is 0 Å². The molecule has 4 nitrogen and oxygen atoms in total. The zero-order chi connectivity index (χ0) is 15.6. The van der Waals surface area contributed by atoms with Crippen LogP contribution in [0.4, 0.5) is 5.69 Å². The normalized spacial score (nSPS) is 12.0. The van der Waals surface area contributed by atoms with Crippen molar-refractivity contribution in [3.05, 3.63) is 58.1 Å². The van der Waals surface area contributed by atoms with Crippen molar-refractivity contribution < 1.29 is 9.90 Å². The molecule has 1 amide bonds. The van der Waals surface area contributed by atoms with Crippen LogP contribution in [0.3, 0.4) is 0 Å². The largest absolute Gasteiger partial charge is 0.508 e. The van der Waals surface area contributed by atoms with Crippen LogP contribution in [0.2, 0.25) is 0 Å². The van der Waals surface area contributed by atoms with Crippen LogP contribution in [0, 0.1) is 0 Å². The standard InChI is InChI=1S/C16H17BrN2O2/c1-10(11-6-3-4-9-14(11)20)19(2)16(21)12-7-5-8-13(18)15(12)17/h3-10,20H,18H2,1-2H3. The molecule has 0 aromatic heterocycles. The zero-order valence-electron chi connectivity index (χ0n) is 11.9. The number of nitrogens with two attached hydrogens (primary N) is 1. The SMILES string of the molecule is CC(c1ccccc1O)N(C)C(=O)c1cccc(N)c1Br. The minimum Gasteiger partial charge on any atom is -0.508 e. The number of hydrogen-bond acceptors (Lipinski definition) is 3. The van der Waals surface area contributed by atoms with Crippen molar-refractivity contribution in [1.82, 2.24) is 4.90 Å². The number of phenolic OH excluding ortho intramolecular Hbond substituents is 1. The first-order valence-electron chi connectivity index (χ1n) is 6.52. The minimum atomic E-state index is -0.257. The fourth-order valence-electron chi connectivity index (χ4n) is 2.13. The van der Waals surface area contributed by atoms with E-state index in [2.05, 4.69) is 15.9 Å². The molecule has 5 heteroatoms. The molecular weight excluding hydrogens is 332 g/mol. The monoisotopic (exact) mass is 348 g/mol. The van der Waals surface area contributed by atoms with Crippen LogP contribution in [0.5, 0.6) is 5.75 Å². The van der Waals surface area contributed by atoms with Crippen molar-refractivity contribution in [2.75, 3.05) is 12.8 Å². The fourth-order valence-corrected chi connectivity index (χ4v) is 2.56. The van der Waals surface area contributed by atoms with E-state index in [1.54, 1.807) is 48.3 Å². The highest BCUT2D eigenvalue weighted by atomic mass is 79.9. The molecule has 3 N–H and O–H groups in total. The Balaban J connectivity index is 2.31. The van der Waals surface area contributed by atoms with Gasteiger partial charge >= 0.3 is 0 Å². The maximum Gasteiger partial charge on any atom is 0.255 e. The molecule has 0 saturated carbocycles. The van der Waals surface area contributed by atoms with Crippen LogP contribution >= 0.6 is 15.9 Å². The summed E-state index contributed by atoms with van der Waals surface area (Å²) in [6.45, 7) is 1.87. The molecule has 2 rings (SSSR count). The lowest BCUT2D eigenvalue weighted by atomic mass is 10.0. The van der Waals surface area contributed by atoms with Crippen molar-refractivity contribution in [1.29, 1.82) is 0 Å². The Morgan fingerprint density at radius 2 is 1.90 bits per heavy atom. The molecule has 0 aliphatic rings. The third-order valence-corrected chi connectivity index (χ3v) is 4.43. The van der Waals surface area contributed by atoms with Gasteiger partial charge < -0.3 is 15.7 Å². The molecule has 1 unspecified atom stereocenters. The van der Waals surface area contributed by atoms with Gasteiger partial charge in [0.05, 0.1) is 16.1 Å². The molecule has 0 bridgehead atoms. The van der Waals surface area contributed by atoms with Gasteiger partial charge in [0, 0.05) is 18.3 Å². The van der Waals surface area contributed by atoms with E-state index < -0.39 is 0 Å². The lowest BCUT2D eigenvalue weighted by molar-refractivity contribution is 0.0740. The predicted molar refractivity (Wildman–Crippen MR) is 87.2 cm³/mol. The minimum absolute atomic E-state index is 0.162. The number of amides is 1. The quantitative estimate of drug-likeness (QED) is 0.833. The first kappa shape index (κ1) is 15.4. The number of benzene rings is 2. The molecule has 0 radical (unpaired) electrons. The van der Waals surface area contributed by atoms with Crippen LogP contribution in [-0.4, -0.2) is 23.0 Å². The summed E-state index contributed by atoms with van der Waals surface area (Å²) in [7, 11) is 1.70. The fraction of sp³-hybridized carbons (Fsp3) is 0.188. The summed E-state index contributed by atoms with van der Waals surface area (Å²) in [4.78, 5) is 14.2. The average molecular weight is 349 g/mol. The number of carbonyl (C=O) groups is 1. The summed E-state index contributed by atoms with van der Waals surface area (Å²) in [6, 6.07) is 11.9. The number of aromatic hydroxyl groups is 1. The van der Waals surface area contributed by atoms with Crippen LogP contribution in [-0.2, 0) is 0 Å². The van der Waals surface area contributed by atoms with Crippen LogP contribution in [0.1, 0.15) is 28.9 Å². The number of halogens is 1. The summed E-state index contributed by atoms with van der Waals surface area (Å²) in [5, 5.41) is 9.91. The van der Waals surface area contributed by atoms with Gasteiger partial charge in [-0.25, -0.2) is 0 Å². The van der Waals surface area contributed by atoms with Crippen molar-refractivity contribution in [3.63, 3.8) is 0 Å². The molecule has 0 heterocycles. The van der Waals surface area contributed by atoms with E-state index in [9.17, 15) is 9.90 Å². The topological polar surface area (TPSA) is 66.6 Å². The highest BCUT2D eigenvalue weighted by Gasteiger charge is 2.22. The van der Waals surface area contributed by atoms with Crippen LogP contribution in [0.15, 0.2) is 46.9 Å². The van der Waals surface area contributed by atoms with E-state index in [1.165, 1.54) is 0 Å². The predicted octanol–water partition coefficient (Wildman–Crippen LogP) is 3.57. The van der Waals surface area contributed by atoms with Gasteiger partial charge in [0.15, 0.2) is 0 Å². The second-order valence-electron chi connectivity index (χ2n) is 4.86. The Labute approximate surface area is 132 Å². The van der Waals surface area contributed by atoms with E-state index in [1.807, 2.05) is 13.0 Å². The van der Waals surface area contributed by atoms with Gasteiger partial charge in [-0.15, -0.1) is 0 Å². The smallest absolute Gasteiger partial charge is 0.255 e. The lowest BCUT2D eigenvalue weighted by Crippen LogP contribution is -2.30. The number of phenols is 1.